The second-order valence-electron chi connectivity index (χ2n) is 16.0. The van der Waals surface area contributed by atoms with Crippen LogP contribution in [0.3, 0.4) is 0 Å². The molecule has 0 aliphatic carbocycles. The molecule has 342 valence electrons. The lowest BCUT2D eigenvalue weighted by Crippen LogP contribution is -2.30. The van der Waals surface area contributed by atoms with Crippen LogP contribution in [0, 0.1) is 0 Å². The normalized spacial score (nSPS) is 12.8. The van der Waals surface area contributed by atoms with Crippen LogP contribution in [0.5, 0.6) is 0 Å². The van der Waals surface area contributed by atoms with Crippen molar-refractivity contribution in [2.24, 2.45) is 0 Å². The number of esters is 3. The topological polar surface area (TPSA) is 78.9 Å². The number of ether oxygens (including phenoxy) is 3. The van der Waals surface area contributed by atoms with Crippen molar-refractivity contribution >= 4 is 17.9 Å². The van der Waals surface area contributed by atoms with Gasteiger partial charge in [-0.1, -0.05) is 183 Å². The van der Waals surface area contributed by atoms with Crippen molar-refractivity contribution in [3.63, 3.8) is 0 Å². The summed E-state index contributed by atoms with van der Waals surface area (Å²) in [6, 6.07) is 0. The van der Waals surface area contributed by atoms with Gasteiger partial charge < -0.3 is 14.2 Å². The van der Waals surface area contributed by atoms with E-state index in [2.05, 4.69) is 106 Å². The summed E-state index contributed by atoms with van der Waals surface area (Å²) < 4.78 is 16.7. The van der Waals surface area contributed by atoms with Gasteiger partial charge in [0.25, 0.3) is 0 Å². The zero-order chi connectivity index (χ0) is 43.7. The molecule has 0 amide bonds. The lowest BCUT2D eigenvalue weighted by atomic mass is 10.1. The summed E-state index contributed by atoms with van der Waals surface area (Å²) in [5.74, 6) is -0.993. The molecule has 0 aromatic rings. The SMILES string of the molecule is CCCC/C=C\CCCCCCC(=O)OCC(COC(=O)CCC/C=C\C/C=C\C/C=C\C/C=C\CCCCC)OC(=O)CCCCCCCC/C=C\C=C/CCCCC. The smallest absolute Gasteiger partial charge is 0.306 e. The number of rotatable bonds is 43. The molecule has 6 nitrogen and oxygen atoms in total. The fourth-order valence-corrected chi connectivity index (χ4v) is 6.35. The summed E-state index contributed by atoms with van der Waals surface area (Å²) >= 11 is 0. The van der Waals surface area contributed by atoms with Crippen molar-refractivity contribution < 1.29 is 28.6 Å². The van der Waals surface area contributed by atoms with E-state index in [4.69, 9.17) is 14.2 Å². The highest BCUT2D eigenvalue weighted by molar-refractivity contribution is 5.71. The first-order valence-corrected chi connectivity index (χ1v) is 24.6. The van der Waals surface area contributed by atoms with E-state index in [-0.39, 0.29) is 37.5 Å². The van der Waals surface area contributed by atoms with Gasteiger partial charge in [-0.05, 0) is 103 Å². The van der Waals surface area contributed by atoms with Gasteiger partial charge in [-0.25, -0.2) is 0 Å². The summed E-state index contributed by atoms with van der Waals surface area (Å²) in [5, 5.41) is 0. The van der Waals surface area contributed by atoms with Crippen LogP contribution in [0.15, 0.2) is 85.1 Å². The molecule has 0 fully saturated rings. The lowest BCUT2D eigenvalue weighted by molar-refractivity contribution is -0.167. The van der Waals surface area contributed by atoms with Gasteiger partial charge in [0.15, 0.2) is 6.10 Å². The maximum absolute atomic E-state index is 12.8. The molecule has 0 N–H and O–H groups in total. The van der Waals surface area contributed by atoms with E-state index in [1.165, 1.54) is 77.0 Å². The van der Waals surface area contributed by atoms with Crippen molar-refractivity contribution in [3.8, 4) is 0 Å². The van der Waals surface area contributed by atoms with Gasteiger partial charge in [0.05, 0.1) is 0 Å². The molecule has 0 saturated heterocycles. The largest absolute Gasteiger partial charge is 0.462 e. The molecule has 60 heavy (non-hydrogen) atoms. The van der Waals surface area contributed by atoms with Gasteiger partial charge in [0, 0.05) is 19.3 Å². The maximum atomic E-state index is 12.8. The van der Waals surface area contributed by atoms with Crippen LogP contribution in [0.4, 0.5) is 0 Å². The van der Waals surface area contributed by atoms with Gasteiger partial charge >= 0.3 is 17.9 Å². The van der Waals surface area contributed by atoms with Gasteiger partial charge in [-0.3, -0.25) is 14.4 Å². The van der Waals surface area contributed by atoms with Crippen molar-refractivity contribution in [2.75, 3.05) is 13.2 Å². The third-order valence-corrected chi connectivity index (χ3v) is 10.1. The quantitative estimate of drug-likeness (QED) is 0.0200. The predicted octanol–water partition coefficient (Wildman–Crippen LogP) is 16.0. The molecule has 0 aromatic carbocycles. The summed E-state index contributed by atoms with van der Waals surface area (Å²) in [7, 11) is 0. The Morgan fingerprint density at radius 2 is 0.683 bits per heavy atom. The summed E-state index contributed by atoms with van der Waals surface area (Å²) in [6.07, 6.45) is 61.4. The Morgan fingerprint density at radius 1 is 0.350 bits per heavy atom. The number of carbonyl (C=O) groups excluding carboxylic acids is 3. The zero-order valence-corrected chi connectivity index (χ0v) is 38.9. The Kier molecular flexibility index (Phi) is 45.5. The van der Waals surface area contributed by atoms with E-state index in [0.717, 1.165) is 96.3 Å². The van der Waals surface area contributed by atoms with Crippen molar-refractivity contribution in [1.29, 1.82) is 0 Å². The minimum absolute atomic E-state index is 0.105. The maximum Gasteiger partial charge on any atom is 0.306 e. The molecule has 0 rings (SSSR count). The van der Waals surface area contributed by atoms with E-state index in [1.807, 2.05) is 0 Å². The van der Waals surface area contributed by atoms with E-state index >= 15 is 0 Å². The molecule has 0 spiro atoms. The molecule has 0 aromatic heterocycles. The molecule has 0 bridgehead atoms. The Hall–Kier alpha value is -3.41. The molecule has 6 heteroatoms. The van der Waals surface area contributed by atoms with E-state index < -0.39 is 6.10 Å². The molecular weight excluding hydrogens is 745 g/mol. The summed E-state index contributed by atoms with van der Waals surface area (Å²) in [5.41, 5.74) is 0. The zero-order valence-electron chi connectivity index (χ0n) is 38.9. The van der Waals surface area contributed by atoms with Crippen LogP contribution in [0.1, 0.15) is 220 Å². The highest BCUT2D eigenvalue weighted by Gasteiger charge is 2.19. The highest BCUT2D eigenvalue weighted by Crippen LogP contribution is 2.12. The van der Waals surface area contributed by atoms with E-state index in [1.54, 1.807) is 0 Å². The predicted molar refractivity (Wildman–Crippen MR) is 256 cm³/mol. The number of unbranched alkanes of at least 4 members (excludes halogenated alkanes) is 19. The molecule has 0 aliphatic heterocycles. The fourth-order valence-electron chi connectivity index (χ4n) is 6.35. The Bertz CT molecular complexity index is 1190. The van der Waals surface area contributed by atoms with Crippen LogP contribution in [0.2, 0.25) is 0 Å². The van der Waals surface area contributed by atoms with Crippen LogP contribution in [0.25, 0.3) is 0 Å². The molecule has 1 atom stereocenters. The minimum atomic E-state index is -0.808. The first kappa shape index (κ1) is 56.6. The average molecular weight is 835 g/mol. The molecular formula is C54H90O6. The monoisotopic (exact) mass is 835 g/mol. The number of allylic oxidation sites excluding steroid dienone is 14. The third-order valence-electron chi connectivity index (χ3n) is 10.1. The van der Waals surface area contributed by atoms with Crippen LogP contribution >= 0.6 is 0 Å². The number of hydrogen-bond donors (Lipinski definition) is 0. The molecule has 0 saturated carbocycles. The first-order valence-electron chi connectivity index (χ1n) is 24.6. The van der Waals surface area contributed by atoms with Crippen LogP contribution < -0.4 is 0 Å². The summed E-state index contributed by atoms with van der Waals surface area (Å²) in [6.45, 7) is 6.45. The Labute approximate surface area is 369 Å². The van der Waals surface area contributed by atoms with E-state index in [9.17, 15) is 14.4 Å². The molecule has 0 radical (unpaired) electrons. The Balaban J connectivity index is 4.49. The van der Waals surface area contributed by atoms with E-state index in [0.29, 0.717) is 19.3 Å². The number of carbonyl (C=O) groups is 3. The second kappa shape index (κ2) is 48.3. The minimum Gasteiger partial charge on any atom is -0.462 e. The first-order chi connectivity index (χ1) is 29.5. The third kappa shape index (κ3) is 45.7. The van der Waals surface area contributed by atoms with Crippen LogP contribution in [-0.4, -0.2) is 37.2 Å². The van der Waals surface area contributed by atoms with Crippen molar-refractivity contribution in [1.82, 2.24) is 0 Å². The van der Waals surface area contributed by atoms with Gasteiger partial charge in [0.2, 0.25) is 0 Å². The fraction of sp³-hybridized carbons (Fsp3) is 0.685. The average Bonchev–Trinajstić information content (AvgIpc) is 3.24. The highest BCUT2D eigenvalue weighted by atomic mass is 16.6. The van der Waals surface area contributed by atoms with Gasteiger partial charge in [-0.2, -0.15) is 0 Å². The molecule has 0 aliphatic rings. The molecule has 1 unspecified atom stereocenters. The summed E-state index contributed by atoms with van der Waals surface area (Å²) in [4.78, 5) is 37.8. The Morgan fingerprint density at radius 3 is 1.17 bits per heavy atom. The second-order valence-corrected chi connectivity index (χ2v) is 16.0. The number of hydrogen-bond acceptors (Lipinski definition) is 6. The van der Waals surface area contributed by atoms with Gasteiger partial charge in [-0.15, -0.1) is 0 Å². The standard InChI is InChI=1S/C54H90O6/c1-4-7-10-13-16-19-22-24-26-27-29-30-32-35-38-41-44-47-53(56)59-50-51(49-58-52(55)46-43-40-37-34-21-18-15-12-9-6-3)60-54(57)48-45-42-39-36-33-31-28-25-23-20-17-14-11-8-5-2/h15-20,23-26,29-30,35,38,51H,4-14,21-22,27-28,31-34,36-37,39-50H2,1-3H3/b18-15-,19-16-,20-17-,25-23-,26-24-,30-29-,38-35-. The molecule has 0 heterocycles. The lowest BCUT2D eigenvalue weighted by Gasteiger charge is -2.18. The van der Waals surface area contributed by atoms with Crippen molar-refractivity contribution in [3.05, 3.63) is 85.1 Å². The van der Waals surface area contributed by atoms with Crippen LogP contribution in [-0.2, 0) is 28.6 Å². The van der Waals surface area contributed by atoms with Gasteiger partial charge in [0.1, 0.15) is 13.2 Å². The van der Waals surface area contributed by atoms with Crippen molar-refractivity contribution in [2.45, 2.75) is 226 Å².